The van der Waals surface area contributed by atoms with Gasteiger partial charge >= 0.3 is 6.18 Å². The topological polar surface area (TPSA) is 45.2 Å². The van der Waals surface area contributed by atoms with Crippen molar-refractivity contribution in [2.75, 3.05) is 24.5 Å². The standard InChI is InChI=1S/C14H18F3N3O/c1-10-4-2-6-12(19-10)20-7-3-5-11(8-20)13(21)18-9-14(15,16)17/h2,4,6,11H,3,5,7-9H2,1H3,(H,18,21)/t11-/m0/s1. The predicted octanol–water partition coefficient (Wildman–Crippen LogP) is 2.28. The number of anilines is 1. The van der Waals surface area contributed by atoms with Gasteiger partial charge < -0.3 is 10.2 Å². The molecular weight excluding hydrogens is 283 g/mol. The van der Waals surface area contributed by atoms with Gasteiger partial charge in [-0.3, -0.25) is 4.79 Å². The van der Waals surface area contributed by atoms with Crippen LogP contribution in [0, 0.1) is 12.8 Å². The molecule has 1 N–H and O–H groups in total. The predicted molar refractivity (Wildman–Crippen MR) is 73.0 cm³/mol. The molecule has 0 spiro atoms. The average Bonchev–Trinajstić information content (AvgIpc) is 2.44. The van der Waals surface area contributed by atoms with Gasteiger partial charge in [0.15, 0.2) is 0 Å². The molecule has 21 heavy (non-hydrogen) atoms. The van der Waals surface area contributed by atoms with E-state index in [1.54, 1.807) is 0 Å². The summed E-state index contributed by atoms with van der Waals surface area (Å²) in [7, 11) is 0. The van der Waals surface area contributed by atoms with Crippen LogP contribution in [0.25, 0.3) is 0 Å². The van der Waals surface area contributed by atoms with E-state index in [1.165, 1.54) is 0 Å². The lowest BCUT2D eigenvalue weighted by Crippen LogP contribution is -2.45. The molecule has 0 radical (unpaired) electrons. The molecule has 1 atom stereocenters. The smallest absolute Gasteiger partial charge is 0.356 e. The number of aromatic nitrogens is 1. The molecule has 7 heteroatoms. The van der Waals surface area contributed by atoms with E-state index in [-0.39, 0.29) is 0 Å². The molecule has 0 aromatic carbocycles. The van der Waals surface area contributed by atoms with Gasteiger partial charge in [-0.1, -0.05) is 6.07 Å². The van der Waals surface area contributed by atoms with E-state index in [4.69, 9.17) is 0 Å². The Bertz CT molecular complexity index is 504. The van der Waals surface area contributed by atoms with Crippen LogP contribution in [0.5, 0.6) is 0 Å². The van der Waals surface area contributed by atoms with E-state index in [0.29, 0.717) is 13.0 Å². The highest BCUT2D eigenvalue weighted by Crippen LogP contribution is 2.22. The molecule has 1 aliphatic heterocycles. The van der Waals surface area contributed by atoms with Crippen molar-refractivity contribution in [3.05, 3.63) is 23.9 Å². The second kappa shape index (κ2) is 6.32. The Kier molecular flexibility index (Phi) is 4.69. The summed E-state index contributed by atoms with van der Waals surface area (Å²) in [5.41, 5.74) is 0.871. The van der Waals surface area contributed by atoms with E-state index in [2.05, 4.69) is 4.98 Å². The number of carbonyl (C=O) groups is 1. The minimum Gasteiger partial charge on any atom is -0.356 e. The van der Waals surface area contributed by atoms with Gasteiger partial charge in [0.05, 0.1) is 5.92 Å². The molecule has 2 heterocycles. The van der Waals surface area contributed by atoms with Gasteiger partial charge in [0.1, 0.15) is 12.4 Å². The number of amides is 1. The Hall–Kier alpha value is -1.79. The SMILES string of the molecule is Cc1cccc(N2CCC[C@H](C(=O)NCC(F)(F)F)C2)n1. The van der Waals surface area contributed by atoms with Crippen LogP contribution in [0.4, 0.5) is 19.0 Å². The highest BCUT2D eigenvalue weighted by molar-refractivity contribution is 5.79. The van der Waals surface area contributed by atoms with Gasteiger partial charge in [-0.2, -0.15) is 13.2 Å². The number of nitrogens with zero attached hydrogens (tertiary/aromatic N) is 2. The van der Waals surface area contributed by atoms with E-state index >= 15 is 0 Å². The van der Waals surface area contributed by atoms with Gasteiger partial charge in [0.2, 0.25) is 5.91 Å². The zero-order valence-corrected chi connectivity index (χ0v) is 11.8. The van der Waals surface area contributed by atoms with E-state index in [1.807, 2.05) is 35.3 Å². The van der Waals surface area contributed by atoms with Crippen LogP contribution in [-0.2, 0) is 4.79 Å². The van der Waals surface area contributed by atoms with Crippen molar-refractivity contribution in [2.24, 2.45) is 5.92 Å². The Morgan fingerprint density at radius 3 is 2.90 bits per heavy atom. The lowest BCUT2D eigenvalue weighted by Gasteiger charge is -2.33. The Labute approximate surface area is 121 Å². The first kappa shape index (κ1) is 15.6. The fourth-order valence-corrected chi connectivity index (χ4v) is 2.44. The number of rotatable bonds is 3. The number of nitrogens with one attached hydrogen (secondary N) is 1. The molecule has 1 aromatic rings. The molecule has 1 aromatic heterocycles. The fourth-order valence-electron chi connectivity index (χ4n) is 2.44. The van der Waals surface area contributed by atoms with Gasteiger partial charge in [-0.05, 0) is 31.9 Å². The minimum absolute atomic E-state index is 0.403. The lowest BCUT2D eigenvalue weighted by atomic mass is 9.97. The number of carbonyl (C=O) groups excluding carboxylic acids is 1. The largest absolute Gasteiger partial charge is 0.405 e. The van der Waals surface area contributed by atoms with Crippen molar-refractivity contribution in [3.63, 3.8) is 0 Å². The Balaban J connectivity index is 1.96. The third kappa shape index (κ3) is 4.61. The van der Waals surface area contributed by atoms with Crippen LogP contribution >= 0.6 is 0 Å². The Morgan fingerprint density at radius 1 is 1.48 bits per heavy atom. The van der Waals surface area contributed by atoms with Crippen molar-refractivity contribution >= 4 is 11.7 Å². The number of halogens is 3. The summed E-state index contributed by atoms with van der Waals surface area (Å²) >= 11 is 0. The first-order valence-electron chi connectivity index (χ1n) is 6.88. The minimum atomic E-state index is -4.37. The van der Waals surface area contributed by atoms with Gasteiger partial charge in [-0.25, -0.2) is 4.98 Å². The normalized spacial score (nSPS) is 19.4. The summed E-state index contributed by atoms with van der Waals surface area (Å²) < 4.78 is 36.4. The third-order valence-corrected chi connectivity index (χ3v) is 3.45. The van der Waals surface area contributed by atoms with Crippen LogP contribution < -0.4 is 10.2 Å². The summed E-state index contributed by atoms with van der Waals surface area (Å²) in [6.07, 6.45) is -3.01. The number of hydrogen-bond donors (Lipinski definition) is 1. The van der Waals surface area contributed by atoms with Crippen molar-refractivity contribution in [1.29, 1.82) is 0 Å². The monoisotopic (exact) mass is 301 g/mol. The number of alkyl halides is 3. The van der Waals surface area contributed by atoms with Crippen LogP contribution in [0.15, 0.2) is 18.2 Å². The molecule has 1 aliphatic rings. The molecule has 0 bridgehead atoms. The van der Waals surface area contributed by atoms with Crippen molar-refractivity contribution < 1.29 is 18.0 Å². The first-order valence-corrected chi connectivity index (χ1v) is 6.88. The zero-order valence-electron chi connectivity index (χ0n) is 11.8. The van der Waals surface area contributed by atoms with Gasteiger partial charge in [0.25, 0.3) is 0 Å². The second-order valence-electron chi connectivity index (χ2n) is 5.26. The zero-order chi connectivity index (χ0) is 15.5. The number of hydrogen-bond acceptors (Lipinski definition) is 3. The summed E-state index contributed by atoms with van der Waals surface area (Å²) in [6.45, 7) is 1.77. The van der Waals surface area contributed by atoms with Crippen molar-refractivity contribution in [2.45, 2.75) is 25.9 Å². The fraction of sp³-hybridized carbons (Fsp3) is 0.571. The molecule has 0 aliphatic carbocycles. The molecule has 0 saturated carbocycles. The van der Waals surface area contributed by atoms with Gasteiger partial charge in [0, 0.05) is 18.8 Å². The maximum atomic E-state index is 12.1. The van der Waals surface area contributed by atoms with E-state index in [9.17, 15) is 18.0 Å². The Morgan fingerprint density at radius 2 is 2.24 bits per heavy atom. The number of aryl methyl sites for hydroxylation is 1. The van der Waals surface area contributed by atoms with Crippen molar-refractivity contribution in [3.8, 4) is 0 Å². The second-order valence-corrected chi connectivity index (χ2v) is 5.26. The molecule has 1 fully saturated rings. The highest BCUT2D eigenvalue weighted by Gasteiger charge is 2.31. The maximum absolute atomic E-state index is 12.1. The molecule has 0 unspecified atom stereocenters. The van der Waals surface area contributed by atoms with Crippen molar-refractivity contribution in [1.82, 2.24) is 10.3 Å². The molecule has 116 valence electrons. The number of pyridine rings is 1. The summed E-state index contributed by atoms with van der Waals surface area (Å²) in [5.74, 6) is -0.198. The first-order chi connectivity index (χ1) is 9.85. The quantitative estimate of drug-likeness (QED) is 0.931. The van der Waals surface area contributed by atoms with E-state index in [0.717, 1.165) is 24.5 Å². The average molecular weight is 301 g/mol. The molecular formula is C14H18F3N3O. The molecule has 4 nitrogen and oxygen atoms in total. The van der Waals surface area contributed by atoms with Crippen LogP contribution in [0.3, 0.4) is 0 Å². The number of piperidine rings is 1. The lowest BCUT2D eigenvalue weighted by molar-refractivity contribution is -0.140. The molecule has 1 amide bonds. The third-order valence-electron chi connectivity index (χ3n) is 3.45. The molecule has 2 rings (SSSR count). The molecule has 1 saturated heterocycles. The van der Waals surface area contributed by atoms with Gasteiger partial charge in [-0.15, -0.1) is 0 Å². The van der Waals surface area contributed by atoms with Crippen LogP contribution in [-0.4, -0.2) is 36.7 Å². The van der Waals surface area contributed by atoms with Crippen LogP contribution in [0.1, 0.15) is 18.5 Å². The summed E-state index contributed by atoms with van der Waals surface area (Å²) in [6, 6.07) is 5.61. The van der Waals surface area contributed by atoms with Crippen LogP contribution in [0.2, 0.25) is 0 Å². The summed E-state index contributed by atoms with van der Waals surface area (Å²) in [5, 5.41) is 1.96. The maximum Gasteiger partial charge on any atom is 0.405 e. The highest BCUT2D eigenvalue weighted by atomic mass is 19.4. The van der Waals surface area contributed by atoms with E-state index < -0.39 is 24.5 Å². The summed E-state index contributed by atoms with van der Waals surface area (Å²) in [4.78, 5) is 18.2.